The summed E-state index contributed by atoms with van der Waals surface area (Å²) in [5, 5.41) is 12.8. The Labute approximate surface area is 89.7 Å². The maximum atomic E-state index is 11.9. The Morgan fingerprint density at radius 3 is 2.87 bits per heavy atom. The number of aliphatic hydroxyl groups excluding tert-OH is 1. The predicted molar refractivity (Wildman–Crippen MR) is 53.0 cm³/mol. The third kappa shape index (κ3) is 4.35. The first-order valence-electron chi connectivity index (χ1n) is 4.35. The molecule has 0 aliphatic heterocycles. The highest BCUT2D eigenvalue weighted by Gasteiger charge is 2.17. The van der Waals surface area contributed by atoms with Gasteiger partial charge in [-0.2, -0.15) is 0 Å². The molecule has 0 aliphatic carbocycles. The molecule has 0 fully saturated rings. The third-order valence-corrected chi connectivity index (χ3v) is 2.59. The summed E-state index contributed by atoms with van der Waals surface area (Å²) in [6.45, 7) is -0.415. The van der Waals surface area contributed by atoms with Gasteiger partial charge in [0.25, 0.3) is 6.43 Å². The second kappa shape index (κ2) is 5.77. The Morgan fingerprint density at radius 2 is 2.33 bits per heavy atom. The van der Waals surface area contributed by atoms with Gasteiger partial charge in [-0.15, -0.1) is 11.3 Å². The molecular formula is C9H11F2NO2S. The molecule has 84 valence electrons. The van der Waals surface area contributed by atoms with Crippen LogP contribution in [0, 0.1) is 0 Å². The Morgan fingerprint density at radius 1 is 1.60 bits per heavy atom. The van der Waals surface area contributed by atoms with E-state index in [1.165, 1.54) is 11.3 Å². The number of hydrogen-bond donors (Lipinski definition) is 2. The molecule has 1 aromatic rings. The molecule has 0 aliphatic rings. The van der Waals surface area contributed by atoms with Crippen molar-refractivity contribution in [3.8, 4) is 0 Å². The summed E-state index contributed by atoms with van der Waals surface area (Å²) in [6, 6.07) is 3.59. The van der Waals surface area contributed by atoms with Gasteiger partial charge in [0.15, 0.2) is 0 Å². The highest BCUT2D eigenvalue weighted by molar-refractivity contribution is 7.10. The van der Waals surface area contributed by atoms with Crippen molar-refractivity contribution in [2.45, 2.75) is 19.0 Å². The summed E-state index contributed by atoms with van der Waals surface area (Å²) in [6.07, 6.45) is -4.46. The molecule has 1 amide bonds. The molecule has 2 N–H and O–H groups in total. The highest BCUT2D eigenvalue weighted by atomic mass is 32.1. The van der Waals surface area contributed by atoms with Crippen LogP contribution < -0.4 is 5.32 Å². The normalized spacial score (nSPS) is 12.8. The van der Waals surface area contributed by atoms with Crippen LogP contribution in [0.4, 0.5) is 8.78 Å². The fraction of sp³-hybridized carbons (Fsp3) is 0.444. The number of nitrogens with one attached hydrogen (secondary N) is 1. The Hall–Kier alpha value is -1.01. The number of aliphatic hydroxyl groups is 1. The zero-order valence-corrected chi connectivity index (χ0v) is 8.64. The summed E-state index contributed by atoms with van der Waals surface area (Å²) in [5.74, 6) is -0.364. The van der Waals surface area contributed by atoms with Crippen LogP contribution in [0.5, 0.6) is 0 Å². The summed E-state index contributed by atoms with van der Waals surface area (Å²) >= 11 is 1.42. The van der Waals surface area contributed by atoms with Crippen LogP contribution in [-0.4, -0.2) is 30.1 Å². The smallest absolute Gasteiger partial charge is 0.265 e. The van der Waals surface area contributed by atoms with Crippen molar-refractivity contribution in [2.75, 3.05) is 6.54 Å². The van der Waals surface area contributed by atoms with Crippen LogP contribution in [0.2, 0.25) is 0 Å². The molecule has 0 saturated carbocycles. The number of amides is 1. The lowest BCUT2D eigenvalue weighted by molar-refractivity contribution is -0.121. The molecule has 6 heteroatoms. The van der Waals surface area contributed by atoms with Crippen LogP contribution in [0.3, 0.4) is 0 Å². The van der Waals surface area contributed by atoms with E-state index in [2.05, 4.69) is 5.32 Å². The standard InChI is InChI=1S/C9H11F2NO2S/c10-9(11)7(13)5-12-8(14)4-6-2-1-3-15-6/h1-3,7,9,13H,4-5H2,(H,12,14). The van der Waals surface area contributed by atoms with E-state index in [0.29, 0.717) is 0 Å². The lowest BCUT2D eigenvalue weighted by Gasteiger charge is -2.09. The molecule has 0 radical (unpaired) electrons. The molecule has 1 unspecified atom stereocenters. The monoisotopic (exact) mass is 235 g/mol. The molecular weight excluding hydrogens is 224 g/mol. The summed E-state index contributed by atoms with van der Waals surface area (Å²) in [7, 11) is 0. The summed E-state index contributed by atoms with van der Waals surface area (Å²) in [5.41, 5.74) is 0. The second-order valence-electron chi connectivity index (χ2n) is 2.96. The van der Waals surface area contributed by atoms with Crippen LogP contribution in [0.1, 0.15) is 4.88 Å². The molecule has 1 atom stereocenters. The summed E-state index contributed by atoms with van der Waals surface area (Å²) in [4.78, 5) is 12.0. The van der Waals surface area contributed by atoms with E-state index in [-0.39, 0.29) is 12.3 Å². The first kappa shape index (κ1) is 12.1. The molecule has 0 bridgehead atoms. The summed E-state index contributed by atoms with van der Waals surface area (Å²) < 4.78 is 23.7. The SMILES string of the molecule is O=C(Cc1cccs1)NCC(O)C(F)F. The minimum atomic E-state index is -2.83. The number of rotatable bonds is 5. The van der Waals surface area contributed by atoms with Gasteiger partial charge in [0, 0.05) is 11.4 Å². The van der Waals surface area contributed by atoms with Gasteiger partial charge in [-0.3, -0.25) is 4.79 Å². The number of alkyl halides is 2. The van der Waals surface area contributed by atoms with E-state index in [4.69, 9.17) is 5.11 Å². The van der Waals surface area contributed by atoms with Gasteiger partial charge >= 0.3 is 0 Å². The van der Waals surface area contributed by atoms with Crippen molar-refractivity contribution in [3.63, 3.8) is 0 Å². The quantitative estimate of drug-likeness (QED) is 0.801. The maximum absolute atomic E-state index is 11.9. The molecule has 1 aromatic heterocycles. The van der Waals surface area contributed by atoms with E-state index in [1.54, 1.807) is 12.1 Å². The topological polar surface area (TPSA) is 49.3 Å². The Balaban J connectivity index is 2.25. The third-order valence-electron chi connectivity index (χ3n) is 1.71. The number of carbonyl (C=O) groups is 1. The van der Waals surface area contributed by atoms with Crippen molar-refractivity contribution >= 4 is 17.2 Å². The Kier molecular flexibility index (Phi) is 4.64. The molecule has 15 heavy (non-hydrogen) atoms. The Bertz CT molecular complexity index is 303. The highest BCUT2D eigenvalue weighted by Crippen LogP contribution is 2.08. The van der Waals surface area contributed by atoms with Crippen molar-refractivity contribution in [2.24, 2.45) is 0 Å². The van der Waals surface area contributed by atoms with Gasteiger partial charge in [-0.25, -0.2) is 8.78 Å². The van der Waals surface area contributed by atoms with Gasteiger partial charge < -0.3 is 10.4 Å². The minimum absolute atomic E-state index is 0.160. The van der Waals surface area contributed by atoms with E-state index in [1.807, 2.05) is 5.38 Å². The van der Waals surface area contributed by atoms with Gasteiger partial charge in [0.05, 0.1) is 6.42 Å². The van der Waals surface area contributed by atoms with Gasteiger partial charge in [0.2, 0.25) is 5.91 Å². The number of halogens is 2. The average molecular weight is 235 g/mol. The largest absolute Gasteiger partial charge is 0.385 e. The van der Waals surface area contributed by atoms with E-state index < -0.39 is 19.1 Å². The average Bonchev–Trinajstić information content (AvgIpc) is 2.66. The van der Waals surface area contributed by atoms with Crippen LogP contribution in [0.25, 0.3) is 0 Å². The zero-order valence-electron chi connectivity index (χ0n) is 7.82. The fourth-order valence-corrected chi connectivity index (χ4v) is 1.64. The van der Waals surface area contributed by atoms with Crippen molar-refractivity contribution in [3.05, 3.63) is 22.4 Å². The van der Waals surface area contributed by atoms with Crippen molar-refractivity contribution in [1.82, 2.24) is 5.32 Å². The van der Waals surface area contributed by atoms with Crippen LogP contribution >= 0.6 is 11.3 Å². The van der Waals surface area contributed by atoms with E-state index in [0.717, 1.165) is 4.88 Å². The molecule has 3 nitrogen and oxygen atoms in total. The second-order valence-corrected chi connectivity index (χ2v) is 3.99. The molecule has 1 heterocycles. The molecule has 0 aromatic carbocycles. The number of hydrogen-bond acceptors (Lipinski definition) is 3. The fourth-order valence-electron chi connectivity index (χ4n) is 0.941. The lowest BCUT2D eigenvalue weighted by Crippen LogP contribution is -2.36. The predicted octanol–water partition coefficient (Wildman–Crippen LogP) is 1.03. The van der Waals surface area contributed by atoms with E-state index >= 15 is 0 Å². The van der Waals surface area contributed by atoms with E-state index in [9.17, 15) is 13.6 Å². The molecule has 0 spiro atoms. The van der Waals surface area contributed by atoms with Crippen LogP contribution in [-0.2, 0) is 11.2 Å². The number of thiophene rings is 1. The first-order valence-corrected chi connectivity index (χ1v) is 5.23. The van der Waals surface area contributed by atoms with Crippen molar-refractivity contribution < 1.29 is 18.7 Å². The minimum Gasteiger partial charge on any atom is -0.385 e. The van der Waals surface area contributed by atoms with Gasteiger partial charge in [-0.1, -0.05) is 6.07 Å². The van der Waals surface area contributed by atoms with Gasteiger partial charge in [0.1, 0.15) is 6.10 Å². The zero-order chi connectivity index (χ0) is 11.3. The first-order chi connectivity index (χ1) is 7.09. The van der Waals surface area contributed by atoms with Crippen molar-refractivity contribution in [1.29, 1.82) is 0 Å². The molecule has 0 saturated heterocycles. The maximum Gasteiger partial charge on any atom is 0.265 e. The van der Waals surface area contributed by atoms with Gasteiger partial charge in [-0.05, 0) is 11.4 Å². The lowest BCUT2D eigenvalue weighted by atomic mass is 10.3. The number of carbonyl (C=O) groups excluding carboxylic acids is 1. The molecule has 1 rings (SSSR count). The van der Waals surface area contributed by atoms with Crippen LogP contribution in [0.15, 0.2) is 17.5 Å².